The summed E-state index contributed by atoms with van der Waals surface area (Å²) in [4.78, 5) is 13.7. The van der Waals surface area contributed by atoms with E-state index in [-0.39, 0.29) is 24.9 Å². The van der Waals surface area contributed by atoms with Crippen LogP contribution in [0.3, 0.4) is 0 Å². The van der Waals surface area contributed by atoms with Crippen LogP contribution in [0, 0.1) is 5.82 Å². The molecule has 0 heterocycles. The van der Waals surface area contributed by atoms with Crippen molar-refractivity contribution in [2.75, 3.05) is 26.3 Å². The van der Waals surface area contributed by atoms with E-state index in [0.29, 0.717) is 31.5 Å². The Morgan fingerprint density at radius 1 is 1.06 bits per heavy atom. The monoisotopic (exact) mass is 255 g/mol. The van der Waals surface area contributed by atoms with Crippen molar-refractivity contribution in [3.63, 3.8) is 0 Å². The first kappa shape index (κ1) is 14.6. The van der Waals surface area contributed by atoms with Crippen molar-refractivity contribution in [3.8, 4) is 0 Å². The summed E-state index contributed by atoms with van der Waals surface area (Å²) < 4.78 is 12.8. The number of halogens is 1. The van der Waals surface area contributed by atoms with Crippen LogP contribution in [0.25, 0.3) is 0 Å². The summed E-state index contributed by atoms with van der Waals surface area (Å²) in [6, 6.07) is 5.35. The zero-order valence-electron chi connectivity index (χ0n) is 10.2. The van der Waals surface area contributed by atoms with Gasteiger partial charge in [0.15, 0.2) is 0 Å². The zero-order chi connectivity index (χ0) is 13.4. The SMILES string of the molecule is O=C(c1ccc(F)cc1)N(CCCO)CCCO. The molecule has 0 aliphatic heterocycles. The number of aliphatic hydroxyl groups is 2. The third-order valence-corrected chi connectivity index (χ3v) is 2.55. The molecule has 0 radical (unpaired) electrons. The van der Waals surface area contributed by atoms with E-state index < -0.39 is 0 Å². The molecule has 0 saturated carbocycles. The highest BCUT2D eigenvalue weighted by molar-refractivity contribution is 5.94. The highest BCUT2D eigenvalue weighted by Crippen LogP contribution is 2.08. The molecule has 0 aromatic heterocycles. The van der Waals surface area contributed by atoms with Gasteiger partial charge in [0.05, 0.1) is 0 Å². The molecular weight excluding hydrogens is 237 g/mol. The molecule has 18 heavy (non-hydrogen) atoms. The molecule has 0 atom stereocenters. The second-order valence-corrected chi connectivity index (χ2v) is 3.95. The van der Waals surface area contributed by atoms with Gasteiger partial charge in [-0.3, -0.25) is 4.79 Å². The summed E-state index contributed by atoms with van der Waals surface area (Å²) in [5, 5.41) is 17.6. The Bertz CT molecular complexity index is 359. The smallest absolute Gasteiger partial charge is 0.253 e. The molecule has 100 valence electrons. The number of hydrogen-bond donors (Lipinski definition) is 2. The van der Waals surface area contributed by atoms with Crippen LogP contribution in [0.4, 0.5) is 4.39 Å². The molecule has 0 spiro atoms. The Balaban J connectivity index is 2.70. The number of aliphatic hydroxyl groups excluding tert-OH is 2. The molecule has 0 fully saturated rings. The molecule has 5 heteroatoms. The van der Waals surface area contributed by atoms with Gasteiger partial charge in [0.25, 0.3) is 5.91 Å². The molecule has 0 bridgehead atoms. The van der Waals surface area contributed by atoms with E-state index in [2.05, 4.69) is 0 Å². The fraction of sp³-hybridized carbons (Fsp3) is 0.462. The largest absolute Gasteiger partial charge is 0.396 e. The summed E-state index contributed by atoms with van der Waals surface area (Å²) in [5.74, 6) is -0.597. The third kappa shape index (κ3) is 4.43. The number of amides is 1. The number of nitrogens with zero attached hydrogens (tertiary/aromatic N) is 1. The summed E-state index contributed by atoms with van der Waals surface area (Å²) in [6.07, 6.45) is 0.969. The van der Waals surface area contributed by atoms with E-state index in [1.807, 2.05) is 0 Å². The first-order valence-corrected chi connectivity index (χ1v) is 5.95. The molecule has 0 aliphatic carbocycles. The Hall–Kier alpha value is -1.46. The maximum Gasteiger partial charge on any atom is 0.253 e. The topological polar surface area (TPSA) is 60.8 Å². The second-order valence-electron chi connectivity index (χ2n) is 3.95. The van der Waals surface area contributed by atoms with Crippen LogP contribution in [-0.2, 0) is 0 Å². The van der Waals surface area contributed by atoms with Crippen molar-refractivity contribution in [3.05, 3.63) is 35.6 Å². The van der Waals surface area contributed by atoms with Gasteiger partial charge in [0.2, 0.25) is 0 Å². The van der Waals surface area contributed by atoms with Gasteiger partial charge in [-0.1, -0.05) is 0 Å². The minimum Gasteiger partial charge on any atom is -0.396 e. The number of benzene rings is 1. The average Bonchev–Trinajstić information content (AvgIpc) is 2.39. The molecular formula is C13H18FNO3. The number of carbonyl (C=O) groups excluding carboxylic acids is 1. The van der Waals surface area contributed by atoms with Gasteiger partial charge in [-0.2, -0.15) is 0 Å². The van der Waals surface area contributed by atoms with Crippen LogP contribution < -0.4 is 0 Å². The standard InChI is InChI=1S/C13H18FNO3/c14-12-5-3-11(4-6-12)13(18)15(7-1-9-16)8-2-10-17/h3-6,16-17H,1-2,7-10H2. The number of hydrogen-bond acceptors (Lipinski definition) is 3. The van der Waals surface area contributed by atoms with Crippen molar-refractivity contribution < 1.29 is 19.4 Å². The van der Waals surface area contributed by atoms with Crippen LogP contribution in [0.2, 0.25) is 0 Å². The Morgan fingerprint density at radius 2 is 1.56 bits per heavy atom. The predicted molar refractivity (Wildman–Crippen MR) is 65.7 cm³/mol. The third-order valence-electron chi connectivity index (χ3n) is 2.55. The van der Waals surface area contributed by atoms with E-state index in [1.165, 1.54) is 24.3 Å². The maximum atomic E-state index is 12.8. The van der Waals surface area contributed by atoms with Gasteiger partial charge in [0, 0.05) is 31.9 Å². The van der Waals surface area contributed by atoms with Crippen LogP contribution in [0.15, 0.2) is 24.3 Å². The van der Waals surface area contributed by atoms with E-state index in [0.717, 1.165) is 0 Å². The molecule has 1 aromatic carbocycles. The zero-order valence-corrected chi connectivity index (χ0v) is 10.2. The molecule has 0 saturated heterocycles. The predicted octanol–water partition coefficient (Wildman–Crippen LogP) is 1.03. The fourth-order valence-corrected chi connectivity index (χ4v) is 1.61. The number of carbonyl (C=O) groups is 1. The van der Waals surface area contributed by atoms with Gasteiger partial charge in [-0.25, -0.2) is 4.39 Å². The molecule has 1 amide bonds. The Morgan fingerprint density at radius 3 is 2.00 bits per heavy atom. The average molecular weight is 255 g/mol. The first-order valence-electron chi connectivity index (χ1n) is 5.95. The van der Waals surface area contributed by atoms with Crippen molar-refractivity contribution in [2.24, 2.45) is 0 Å². The summed E-state index contributed by atoms with van der Waals surface area (Å²) in [5.41, 5.74) is 0.410. The summed E-state index contributed by atoms with van der Waals surface area (Å²) in [6.45, 7) is 0.859. The van der Waals surface area contributed by atoms with Gasteiger partial charge in [-0.05, 0) is 37.1 Å². The lowest BCUT2D eigenvalue weighted by atomic mass is 10.2. The fourth-order valence-electron chi connectivity index (χ4n) is 1.61. The first-order chi connectivity index (χ1) is 8.69. The van der Waals surface area contributed by atoms with Crippen LogP contribution in [0.1, 0.15) is 23.2 Å². The van der Waals surface area contributed by atoms with Crippen molar-refractivity contribution in [2.45, 2.75) is 12.8 Å². The quantitative estimate of drug-likeness (QED) is 0.765. The van der Waals surface area contributed by atoms with E-state index >= 15 is 0 Å². The second kappa shape index (κ2) is 7.79. The lowest BCUT2D eigenvalue weighted by molar-refractivity contribution is 0.0734. The van der Waals surface area contributed by atoms with Crippen LogP contribution in [0.5, 0.6) is 0 Å². The maximum absolute atomic E-state index is 12.8. The van der Waals surface area contributed by atoms with Crippen LogP contribution >= 0.6 is 0 Å². The lowest BCUT2D eigenvalue weighted by Gasteiger charge is -2.22. The summed E-state index contributed by atoms with van der Waals surface area (Å²) >= 11 is 0. The van der Waals surface area contributed by atoms with E-state index in [9.17, 15) is 9.18 Å². The van der Waals surface area contributed by atoms with Gasteiger partial charge in [0.1, 0.15) is 5.82 Å². The van der Waals surface area contributed by atoms with Crippen molar-refractivity contribution >= 4 is 5.91 Å². The van der Waals surface area contributed by atoms with Gasteiger partial charge >= 0.3 is 0 Å². The molecule has 4 nitrogen and oxygen atoms in total. The lowest BCUT2D eigenvalue weighted by Crippen LogP contribution is -2.33. The molecule has 1 aromatic rings. The van der Waals surface area contributed by atoms with E-state index in [1.54, 1.807) is 4.90 Å². The van der Waals surface area contributed by atoms with Crippen molar-refractivity contribution in [1.82, 2.24) is 4.90 Å². The molecule has 2 N–H and O–H groups in total. The normalized spacial score (nSPS) is 10.4. The minimum atomic E-state index is -0.385. The summed E-state index contributed by atoms with van der Waals surface area (Å²) in [7, 11) is 0. The molecule has 1 rings (SSSR count). The highest BCUT2D eigenvalue weighted by atomic mass is 19.1. The van der Waals surface area contributed by atoms with Gasteiger partial charge in [-0.15, -0.1) is 0 Å². The molecule has 0 aliphatic rings. The van der Waals surface area contributed by atoms with Gasteiger partial charge < -0.3 is 15.1 Å². The molecule has 0 unspecified atom stereocenters. The number of rotatable bonds is 7. The Labute approximate surface area is 106 Å². The van der Waals surface area contributed by atoms with Crippen molar-refractivity contribution in [1.29, 1.82) is 0 Å². The van der Waals surface area contributed by atoms with Crippen LogP contribution in [-0.4, -0.2) is 47.3 Å². The highest BCUT2D eigenvalue weighted by Gasteiger charge is 2.14. The Kier molecular flexibility index (Phi) is 6.32. The van der Waals surface area contributed by atoms with E-state index in [4.69, 9.17) is 10.2 Å². The minimum absolute atomic E-state index is 0.00627.